The molecule has 0 radical (unpaired) electrons. The monoisotopic (exact) mass is 239 g/mol. The van der Waals surface area contributed by atoms with Crippen LogP contribution in [0.4, 0.5) is 11.5 Å². The van der Waals surface area contributed by atoms with Crippen molar-refractivity contribution in [3.05, 3.63) is 22.2 Å². The van der Waals surface area contributed by atoms with Gasteiger partial charge in [0.1, 0.15) is 0 Å². The van der Waals surface area contributed by atoms with Gasteiger partial charge in [-0.15, -0.1) is 0 Å². The number of nitrogens with zero attached hydrogens (tertiary/aromatic N) is 2. The number of ether oxygens (including phenoxy) is 1. The predicted octanol–water partition coefficient (Wildman–Crippen LogP) is 2.39. The first-order valence-electron chi connectivity index (χ1n) is 5.33. The van der Waals surface area contributed by atoms with Crippen molar-refractivity contribution in [3.8, 4) is 5.88 Å². The van der Waals surface area contributed by atoms with E-state index in [0.717, 1.165) is 6.42 Å². The Balaban J connectivity index is 2.62. The van der Waals surface area contributed by atoms with E-state index in [1.54, 1.807) is 0 Å². The summed E-state index contributed by atoms with van der Waals surface area (Å²) in [6.07, 6.45) is 0.867. The van der Waals surface area contributed by atoms with Gasteiger partial charge in [0, 0.05) is 12.1 Å². The van der Waals surface area contributed by atoms with E-state index in [1.807, 2.05) is 0 Å². The average Bonchev–Trinajstić information content (AvgIpc) is 2.15. The van der Waals surface area contributed by atoms with Crippen LogP contribution in [0, 0.1) is 15.5 Å². The van der Waals surface area contributed by atoms with Gasteiger partial charge >= 0.3 is 5.69 Å². The van der Waals surface area contributed by atoms with Gasteiger partial charge < -0.3 is 10.5 Å². The molecule has 0 spiro atoms. The van der Waals surface area contributed by atoms with Crippen molar-refractivity contribution in [2.45, 2.75) is 27.2 Å². The van der Waals surface area contributed by atoms with Crippen molar-refractivity contribution in [1.82, 2.24) is 4.98 Å². The summed E-state index contributed by atoms with van der Waals surface area (Å²) in [5.74, 6) is 0.195. The van der Waals surface area contributed by atoms with E-state index in [-0.39, 0.29) is 16.9 Å². The molecule has 1 aromatic heterocycles. The molecule has 0 saturated heterocycles. The number of pyridine rings is 1. The molecule has 0 atom stereocenters. The third-order valence-electron chi connectivity index (χ3n) is 2.18. The fourth-order valence-electron chi connectivity index (χ4n) is 1.15. The van der Waals surface area contributed by atoms with Crippen LogP contribution in [0.5, 0.6) is 5.88 Å². The van der Waals surface area contributed by atoms with E-state index in [1.165, 1.54) is 12.1 Å². The number of hydrogen-bond acceptors (Lipinski definition) is 5. The highest BCUT2D eigenvalue weighted by Gasteiger charge is 2.14. The van der Waals surface area contributed by atoms with E-state index in [2.05, 4.69) is 25.8 Å². The molecule has 0 bridgehead atoms. The second-order valence-electron chi connectivity index (χ2n) is 4.97. The van der Waals surface area contributed by atoms with Crippen LogP contribution >= 0.6 is 0 Å². The van der Waals surface area contributed by atoms with Crippen molar-refractivity contribution >= 4 is 11.5 Å². The number of anilines is 1. The molecule has 0 aliphatic carbocycles. The fourth-order valence-corrected chi connectivity index (χ4v) is 1.15. The Labute approximate surface area is 99.9 Å². The number of nitrogen functional groups attached to an aromatic ring is 1. The van der Waals surface area contributed by atoms with Crippen molar-refractivity contribution in [1.29, 1.82) is 0 Å². The first-order chi connectivity index (χ1) is 7.79. The minimum Gasteiger partial charge on any atom is -0.478 e. The molecule has 1 aromatic rings. The maximum absolute atomic E-state index is 10.5. The summed E-state index contributed by atoms with van der Waals surface area (Å²) in [4.78, 5) is 13.8. The predicted molar refractivity (Wildman–Crippen MR) is 64.9 cm³/mol. The van der Waals surface area contributed by atoms with Crippen LogP contribution in [0.15, 0.2) is 12.1 Å². The number of rotatable bonds is 4. The molecule has 0 amide bonds. The molecule has 0 fully saturated rings. The molecule has 2 N–H and O–H groups in total. The summed E-state index contributed by atoms with van der Waals surface area (Å²) in [5.41, 5.74) is 5.42. The molecule has 1 rings (SSSR count). The van der Waals surface area contributed by atoms with E-state index >= 15 is 0 Å². The summed E-state index contributed by atoms with van der Waals surface area (Å²) < 4.78 is 5.38. The van der Waals surface area contributed by atoms with Crippen LogP contribution in [-0.4, -0.2) is 16.5 Å². The highest BCUT2D eigenvalue weighted by Crippen LogP contribution is 2.23. The first-order valence-corrected chi connectivity index (χ1v) is 5.33. The van der Waals surface area contributed by atoms with Crippen LogP contribution in [0.3, 0.4) is 0 Å². The lowest BCUT2D eigenvalue weighted by molar-refractivity contribution is -0.384. The van der Waals surface area contributed by atoms with Crippen molar-refractivity contribution in [3.63, 3.8) is 0 Å². The molecule has 6 nitrogen and oxygen atoms in total. The summed E-state index contributed by atoms with van der Waals surface area (Å²) in [6.45, 7) is 6.82. The molecule has 94 valence electrons. The Bertz CT molecular complexity index is 413. The second kappa shape index (κ2) is 4.99. The highest BCUT2D eigenvalue weighted by molar-refractivity contribution is 5.53. The zero-order valence-electron chi connectivity index (χ0n) is 10.3. The van der Waals surface area contributed by atoms with Gasteiger partial charge in [-0.1, -0.05) is 20.8 Å². The Hall–Kier alpha value is -1.85. The molecule has 0 saturated carbocycles. The van der Waals surface area contributed by atoms with Gasteiger partial charge in [-0.05, 0) is 11.8 Å². The quantitative estimate of drug-likeness (QED) is 0.643. The number of hydrogen-bond donors (Lipinski definition) is 1. The maximum atomic E-state index is 10.5. The molecule has 0 aliphatic rings. The summed E-state index contributed by atoms with van der Waals surface area (Å²) in [5, 5.41) is 10.5. The lowest BCUT2D eigenvalue weighted by Gasteiger charge is -2.17. The SMILES string of the molecule is CC(C)(C)CCOc1ccc([N+](=O)[O-])c(N)n1. The molecule has 0 unspecified atom stereocenters. The third kappa shape index (κ3) is 4.26. The molecule has 0 aromatic carbocycles. The van der Waals surface area contributed by atoms with Crippen LogP contribution in [0.25, 0.3) is 0 Å². The van der Waals surface area contributed by atoms with Crippen LogP contribution < -0.4 is 10.5 Å². The first kappa shape index (κ1) is 13.2. The third-order valence-corrected chi connectivity index (χ3v) is 2.18. The van der Waals surface area contributed by atoms with Gasteiger partial charge in [0.25, 0.3) is 0 Å². The van der Waals surface area contributed by atoms with Gasteiger partial charge in [0.15, 0.2) is 0 Å². The van der Waals surface area contributed by atoms with Crippen LogP contribution in [0.1, 0.15) is 27.2 Å². The van der Waals surface area contributed by atoms with E-state index < -0.39 is 4.92 Å². The lowest BCUT2D eigenvalue weighted by Crippen LogP contribution is -2.11. The second-order valence-corrected chi connectivity index (χ2v) is 4.97. The number of nitrogens with two attached hydrogens (primary N) is 1. The zero-order chi connectivity index (χ0) is 13.1. The van der Waals surface area contributed by atoms with Crippen molar-refractivity contribution in [2.75, 3.05) is 12.3 Å². The maximum Gasteiger partial charge on any atom is 0.311 e. The Kier molecular flexibility index (Phi) is 3.88. The smallest absolute Gasteiger partial charge is 0.311 e. The topological polar surface area (TPSA) is 91.3 Å². The van der Waals surface area contributed by atoms with Gasteiger partial charge in [-0.2, -0.15) is 4.98 Å². The molecular formula is C11H17N3O3. The molecular weight excluding hydrogens is 222 g/mol. The Morgan fingerprint density at radius 1 is 1.47 bits per heavy atom. The van der Waals surface area contributed by atoms with E-state index in [9.17, 15) is 10.1 Å². The minimum atomic E-state index is -0.568. The minimum absolute atomic E-state index is 0.122. The van der Waals surface area contributed by atoms with Crippen LogP contribution in [0.2, 0.25) is 0 Å². The molecule has 1 heterocycles. The Morgan fingerprint density at radius 3 is 2.59 bits per heavy atom. The van der Waals surface area contributed by atoms with Crippen molar-refractivity contribution in [2.24, 2.45) is 5.41 Å². The van der Waals surface area contributed by atoms with E-state index in [0.29, 0.717) is 12.5 Å². The van der Waals surface area contributed by atoms with Gasteiger partial charge in [0.05, 0.1) is 11.5 Å². The van der Waals surface area contributed by atoms with Gasteiger partial charge in [-0.25, -0.2) is 0 Å². The largest absolute Gasteiger partial charge is 0.478 e. The number of nitro groups is 1. The normalized spacial score (nSPS) is 11.2. The van der Waals surface area contributed by atoms with Crippen LogP contribution in [-0.2, 0) is 0 Å². The Morgan fingerprint density at radius 2 is 2.12 bits per heavy atom. The summed E-state index contributed by atoms with van der Waals surface area (Å²) in [7, 11) is 0. The molecule has 17 heavy (non-hydrogen) atoms. The molecule has 0 aliphatic heterocycles. The lowest BCUT2D eigenvalue weighted by atomic mass is 9.93. The van der Waals surface area contributed by atoms with Gasteiger partial charge in [0.2, 0.25) is 11.7 Å². The van der Waals surface area contributed by atoms with Crippen molar-refractivity contribution < 1.29 is 9.66 Å². The highest BCUT2D eigenvalue weighted by atomic mass is 16.6. The van der Waals surface area contributed by atoms with E-state index in [4.69, 9.17) is 10.5 Å². The fraction of sp³-hybridized carbons (Fsp3) is 0.545. The number of aromatic nitrogens is 1. The summed E-state index contributed by atoms with van der Waals surface area (Å²) >= 11 is 0. The zero-order valence-corrected chi connectivity index (χ0v) is 10.3. The standard InChI is InChI=1S/C11H17N3O3/c1-11(2,3)6-7-17-9-5-4-8(14(15)16)10(12)13-9/h4-5H,6-7H2,1-3H3,(H2,12,13). The average molecular weight is 239 g/mol. The van der Waals surface area contributed by atoms with Gasteiger partial charge in [-0.3, -0.25) is 10.1 Å². The summed E-state index contributed by atoms with van der Waals surface area (Å²) in [6, 6.07) is 2.76. The molecule has 6 heteroatoms.